The molecule has 1 unspecified atom stereocenters. The van der Waals surface area contributed by atoms with E-state index in [2.05, 4.69) is 9.69 Å². The van der Waals surface area contributed by atoms with E-state index in [1.165, 1.54) is 0 Å². The van der Waals surface area contributed by atoms with Gasteiger partial charge in [0.05, 0.1) is 6.04 Å². The van der Waals surface area contributed by atoms with Gasteiger partial charge in [-0.2, -0.15) is 4.37 Å². The maximum Gasteiger partial charge on any atom is 0.273 e. The highest BCUT2D eigenvalue weighted by atomic mass is 35.5. The van der Waals surface area contributed by atoms with Crippen molar-refractivity contribution in [3.63, 3.8) is 0 Å². The van der Waals surface area contributed by atoms with Gasteiger partial charge in [0.15, 0.2) is 18.1 Å². The van der Waals surface area contributed by atoms with Crippen molar-refractivity contribution in [1.29, 1.82) is 0 Å². The normalized spacial score (nSPS) is 12.0. The number of amides is 1. The smallest absolute Gasteiger partial charge is 0.273 e. The fraction of sp³-hybridized carbons (Fsp3) is 0.118. The Morgan fingerprint density at radius 3 is 2.33 bits per heavy atom. The van der Waals surface area contributed by atoms with Gasteiger partial charge >= 0.3 is 0 Å². The summed E-state index contributed by atoms with van der Waals surface area (Å²) in [5, 5.41) is 3.18. The van der Waals surface area contributed by atoms with Crippen LogP contribution in [0, 0.1) is 0 Å². The molecule has 0 spiro atoms. The second kappa shape index (κ2) is 7.30. The van der Waals surface area contributed by atoms with E-state index in [1.54, 1.807) is 0 Å². The molecule has 0 radical (unpaired) electrons. The summed E-state index contributed by atoms with van der Waals surface area (Å²) in [4.78, 5) is 12.6. The van der Waals surface area contributed by atoms with Gasteiger partial charge in [0.2, 0.25) is 0 Å². The Hall–Kier alpha value is -1.95. The van der Waals surface area contributed by atoms with Crippen LogP contribution in [0.5, 0.6) is 0 Å². The molecule has 7 heteroatoms. The first kappa shape index (κ1) is 16.9. The molecular weight excluding hydrogens is 365 g/mol. The number of aromatic nitrogens is 2. The lowest BCUT2D eigenvalue weighted by Gasteiger charge is -2.19. The summed E-state index contributed by atoms with van der Waals surface area (Å²) in [6.45, 7) is 0. The maximum absolute atomic E-state index is 12.6. The highest BCUT2D eigenvalue weighted by Crippen LogP contribution is 2.30. The Bertz CT molecular complexity index is 850. The summed E-state index contributed by atoms with van der Waals surface area (Å²) in [6, 6.07) is 13.4. The summed E-state index contributed by atoms with van der Waals surface area (Å²) in [7, 11) is 1.94. The summed E-state index contributed by atoms with van der Waals surface area (Å²) in [6.07, 6.45) is 3.87. The largest absolute Gasteiger partial charge is 0.340 e. The maximum atomic E-state index is 12.6. The molecule has 3 aromatic rings. The molecule has 1 amide bonds. The molecule has 2 heterocycles. The summed E-state index contributed by atoms with van der Waals surface area (Å²) < 4.78 is 6.28. The van der Waals surface area contributed by atoms with Crippen molar-refractivity contribution in [2.75, 3.05) is 0 Å². The molecule has 0 aliphatic heterocycles. The second-order valence-corrected chi connectivity index (χ2v) is 6.99. The van der Waals surface area contributed by atoms with Crippen LogP contribution < -0.4 is 9.88 Å². The third-order valence-corrected chi connectivity index (χ3v) is 5.17. The van der Waals surface area contributed by atoms with Crippen molar-refractivity contribution in [1.82, 2.24) is 9.69 Å². The minimum atomic E-state index is -0.356. The molecule has 1 atom stereocenters. The van der Waals surface area contributed by atoms with E-state index in [0.717, 1.165) is 22.7 Å². The van der Waals surface area contributed by atoms with Gasteiger partial charge in [-0.1, -0.05) is 53.5 Å². The average Bonchev–Trinajstić information content (AvgIpc) is 2.94. The third kappa shape index (κ3) is 3.59. The zero-order chi connectivity index (χ0) is 17.1. The van der Waals surface area contributed by atoms with Crippen molar-refractivity contribution < 1.29 is 9.36 Å². The Morgan fingerprint density at radius 2 is 1.75 bits per heavy atom. The van der Waals surface area contributed by atoms with E-state index in [1.807, 2.05) is 66.5 Å². The molecule has 1 aromatic carbocycles. The van der Waals surface area contributed by atoms with Crippen LogP contribution in [0.2, 0.25) is 9.36 Å². The van der Waals surface area contributed by atoms with Crippen LogP contribution >= 0.6 is 34.7 Å². The minimum Gasteiger partial charge on any atom is -0.340 e. The number of pyridine rings is 1. The molecule has 24 heavy (non-hydrogen) atoms. The van der Waals surface area contributed by atoms with Crippen LogP contribution in [-0.4, -0.2) is 10.3 Å². The zero-order valence-electron chi connectivity index (χ0n) is 12.7. The van der Waals surface area contributed by atoms with Gasteiger partial charge in [-0.05, 0) is 22.7 Å². The van der Waals surface area contributed by atoms with Crippen LogP contribution in [-0.2, 0) is 7.05 Å². The van der Waals surface area contributed by atoms with E-state index < -0.39 is 0 Å². The van der Waals surface area contributed by atoms with E-state index in [-0.39, 0.29) is 22.7 Å². The molecule has 4 nitrogen and oxygen atoms in total. The summed E-state index contributed by atoms with van der Waals surface area (Å²) in [5.74, 6) is -0.356. The van der Waals surface area contributed by atoms with Gasteiger partial charge in [0.25, 0.3) is 5.91 Å². The molecule has 0 aliphatic carbocycles. The highest BCUT2D eigenvalue weighted by Gasteiger charge is 2.23. The van der Waals surface area contributed by atoms with Crippen molar-refractivity contribution in [3.8, 4) is 0 Å². The van der Waals surface area contributed by atoms with Crippen LogP contribution in [0.25, 0.3) is 0 Å². The van der Waals surface area contributed by atoms with Crippen LogP contribution in [0.4, 0.5) is 0 Å². The Kier molecular flexibility index (Phi) is 5.14. The summed E-state index contributed by atoms with van der Waals surface area (Å²) in [5.41, 5.74) is 2.08. The molecule has 0 saturated carbocycles. The van der Waals surface area contributed by atoms with Gasteiger partial charge < -0.3 is 5.32 Å². The fourth-order valence-electron chi connectivity index (χ4n) is 2.31. The lowest BCUT2D eigenvalue weighted by molar-refractivity contribution is -0.671. The summed E-state index contributed by atoms with van der Waals surface area (Å²) >= 11 is 13.0. The fourth-order valence-corrected chi connectivity index (χ4v) is 3.31. The van der Waals surface area contributed by atoms with Crippen LogP contribution in [0.3, 0.4) is 0 Å². The molecule has 0 fully saturated rings. The van der Waals surface area contributed by atoms with E-state index in [0.29, 0.717) is 4.34 Å². The molecule has 0 aliphatic rings. The number of hydrogen-bond acceptors (Lipinski definition) is 3. The van der Waals surface area contributed by atoms with Crippen molar-refractivity contribution in [3.05, 3.63) is 81.0 Å². The predicted molar refractivity (Wildman–Crippen MR) is 95.5 cm³/mol. The van der Waals surface area contributed by atoms with Crippen molar-refractivity contribution in [2.24, 2.45) is 7.05 Å². The molecule has 1 N–H and O–H groups in total. The number of benzene rings is 1. The zero-order valence-corrected chi connectivity index (χ0v) is 15.1. The Labute approximate surface area is 153 Å². The number of carbonyl (C=O) groups excluding carboxylic acids is 1. The second-order valence-electron chi connectivity index (χ2n) is 5.23. The first-order valence-corrected chi connectivity index (χ1v) is 8.71. The van der Waals surface area contributed by atoms with Gasteiger partial charge in [0, 0.05) is 12.1 Å². The standard InChI is InChI=1S/C17H13Cl2N3OS/c1-22-9-7-12(8-10-22)14(11-5-3-2-4-6-11)20-17(23)15-13(18)16(19)24-21-15/h2-10,14H,1H3/p+1. The van der Waals surface area contributed by atoms with E-state index in [9.17, 15) is 4.79 Å². The monoisotopic (exact) mass is 378 g/mol. The molecular formula is C17H14Cl2N3OS+. The SMILES string of the molecule is C[n+]1ccc(C(NC(=O)c2nsc(Cl)c2Cl)c2ccccc2)cc1. The number of rotatable bonds is 4. The van der Waals surface area contributed by atoms with E-state index in [4.69, 9.17) is 23.2 Å². The van der Waals surface area contributed by atoms with Crippen LogP contribution in [0.1, 0.15) is 27.7 Å². The highest BCUT2D eigenvalue weighted by molar-refractivity contribution is 7.11. The van der Waals surface area contributed by atoms with Crippen molar-refractivity contribution in [2.45, 2.75) is 6.04 Å². The van der Waals surface area contributed by atoms with Gasteiger partial charge in [-0.15, -0.1) is 0 Å². The van der Waals surface area contributed by atoms with Crippen LogP contribution in [0.15, 0.2) is 54.9 Å². The molecule has 0 saturated heterocycles. The first-order valence-electron chi connectivity index (χ1n) is 7.18. The van der Waals surface area contributed by atoms with Crippen molar-refractivity contribution >= 4 is 40.6 Å². The van der Waals surface area contributed by atoms with Gasteiger partial charge in [-0.3, -0.25) is 4.79 Å². The first-order chi connectivity index (χ1) is 11.6. The lowest BCUT2D eigenvalue weighted by Crippen LogP contribution is -2.31. The molecule has 122 valence electrons. The van der Waals surface area contributed by atoms with Gasteiger partial charge in [-0.25, -0.2) is 4.57 Å². The number of nitrogens with one attached hydrogen (secondary N) is 1. The quantitative estimate of drug-likeness (QED) is 0.701. The molecule has 3 rings (SSSR count). The molecule has 0 bridgehead atoms. The number of aryl methyl sites for hydroxylation is 1. The van der Waals surface area contributed by atoms with E-state index >= 15 is 0 Å². The van der Waals surface area contributed by atoms with Gasteiger partial charge in [0.1, 0.15) is 16.4 Å². The Morgan fingerprint density at radius 1 is 1.12 bits per heavy atom. The number of nitrogens with zero attached hydrogens (tertiary/aromatic N) is 2. The topological polar surface area (TPSA) is 45.9 Å². The predicted octanol–water partition coefficient (Wildman–Crippen LogP) is 3.79. The average molecular weight is 379 g/mol. The number of hydrogen-bond donors (Lipinski definition) is 1. The Balaban J connectivity index is 1.95. The lowest BCUT2D eigenvalue weighted by atomic mass is 9.99. The number of halogens is 2. The number of carbonyl (C=O) groups is 1. The minimum absolute atomic E-state index is 0.147. The third-order valence-electron chi connectivity index (χ3n) is 3.56. The molecule has 2 aromatic heterocycles.